The summed E-state index contributed by atoms with van der Waals surface area (Å²) in [5.74, 6) is -0.567. The maximum Gasteiger partial charge on any atom is 0.303 e. The first-order valence-corrected chi connectivity index (χ1v) is 5.37. The van der Waals surface area contributed by atoms with Gasteiger partial charge in [-0.05, 0) is 42.0 Å². The van der Waals surface area contributed by atoms with Gasteiger partial charge >= 0.3 is 5.97 Å². The van der Waals surface area contributed by atoms with E-state index >= 15 is 0 Å². The van der Waals surface area contributed by atoms with Crippen LogP contribution in [-0.2, 0) is 24.1 Å². The Morgan fingerprint density at radius 2 is 2.19 bits per heavy atom. The van der Waals surface area contributed by atoms with Gasteiger partial charge in [0, 0.05) is 12.5 Å². The average Bonchev–Trinajstić information content (AvgIpc) is 2.56. The molecule has 1 unspecified atom stereocenters. The van der Waals surface area contributed by atoms with Gasteiger partial charge < -0.3 is 15.9 Å². The van der Waals surface area contributed by atoms with Gasteiger partial charge in [0.05, 0.1) is 0 Å². The number of carboxylic acids is 1. The number of hydrogen-bond acceptors (Lipinski definition) is 3. The molecule has 86 valence electrons. The van der Waals surface area contributed by atoms with Gasteiger partial charge in [-0.25, -0.2) is 0 Å². The molecule has 1 aromatic carbocycles. The maximum absolute atomic E-state index is 10.5. The molecule has 0 amide bonds. The summed E-state index contributed by atoms with van der Waals surface area (Å²) in [6, 6.07) is 3.70. The number of hydrogen-bond donors (Lipinski definition) is 3. The van der Waals surface area contributed by atoms with E-state index in [0.29, 0.717) is 12.8 Å². The molecule has 0 heterocycles. The minimum atomic E-state index is -0.823. The third-order valence-corrected chi connectivity index (χ3v) is 2.95. The van der Waals surface area contributed by atoms with E-state index in [0.717, 1.165) is 23.1 Å². The summed E-state index contributed by atoms with van der Waals surface area (Å²) in [4.78, 5) is 10.5. The number of carbonyl (C=O) groups is 1. The molecule has 4 N–H and O–H groups in total. The number of nitrogens with two attached hydrogens (primary N) is 1. The molecule has 0 aliphatic heterocycles. The van der Waals surface area contributed by atoms with Gasteiger partial charge in [0.2, 0.25) is 0 Å². The Kier molecular flexibility index (Phi) is 2.83. The minimum absolute atomic E-state index is 0.0793. The van der Waals surface area contributed by atoms with Gasteiger partial charge in [0.15, 0.2) is 0 Å². The molecule has 0 fully saturated rings. The van der Waals surface area contributed by atoms with Gasteiger partial charge in [0.25, 0.3) is 0 Å². The number of rotatable bonds is 3. The molecule has 1 aliphatic rings. The van der Waals surface area contributed by atoms with Crippen LogP contribution in [0.15, 0.2) is 12.1 Å². The van der Waals surface area contributed by atoms with Crippen molar-refractivity contribution in [3.63, 3.8) is 0 Å². The van der Waals surface area contributed by atoms with Crippen LogP contribution in [-0.4, -0.2) is 22.2 Å². The van der Waals surface area contributed by atoms with Crippen LogP contribution in [0.1, 0.15) is 23.1 Å². The lowest BCUT2D eigenvalue weighted by Gasteiger charge is -2.06. The molecule has 4 heteroatoms. The second kappa shape index (κ2) is 4.14. The van der Waals surface area contributed by atoms with Crippen molar-refractivity contribution < 1.29 is 15.0 Å². The van der Waals surface area contributed by atoms with E-state index in [2.05, 4.69) is 0 Å². The maximum atomic E-state index is 10.5. The van der Waals surface area contributed by atoms with E-state index in [1.165, 1.54) is 0 Å². The van der Waals surface area contributed by atoms with Crippen molar-refractivity contribution in [3.8, 4) is 5.75 Å². The Morgan fingerprint density at radius 3 is 2.88 bits per heavy atom. The number of fused-ring (bicyclic) bond motifs is 1. The van der Waals surface area contributed by atoms with Crippen LogP contribution in [0.4, 0.5) is 0 Å². The Bertz CT molecular complexity index is 429. The summed E-state index contributed by atoms with van der Waals surface area (Å²) in [6.45, 7) is 0. The van der Waals surface area contributed by atoms with E-state index < -0.39 is 5.97 Å². The summed E-state index contributed by atoms with van der Waals surface area (Å²) < 4.78 is 0. The molecule has 0 bridgehead atoms. The molecule has 2 rings (SSSR count). The molecule has 0 spiro atoms. The van der Waals surface area contributed by atoms with Crippen molar-refractivity contribution in [3.05, 3.63) is 28.8 Å². The predicted octanol–water partition coefficient (Wildman–Crippen LogP) is 0.835. The van der Waals surface area contributed by atoms with E-state index in [9.17, 15) is 9.90 Å². The largest absolute Gasteiger partial charge is 0.508 e. The molecule has 0 saturated carbocycles. The second-order valence-corrected chi connectivity index (χ2v) is 4.31. The lowest BCUT2D eigenvalue weighted by molar-refractivity contribution is -0.136. The normalized spacial score (nSPS) is 18.4. The first kappa shape index (κ1) is 11.0. The van der Waals surface area contributed by atoms with Crippen LogP contribution < -0.4 is 5.73 Å². The van der Waals surface area contributed by atoms with Crippen LogP contribution in [0.2, 0.25) is 0 Å². The number of carboxylic acid groups (broad SMARTS) is 1. The molecular formula is C12H15NO3. The zero-order chi connectivity index (χ0) is 11.7. The Hall–Kier alpha value is -1.55. The van der Waals surface area contributed by atoms with E-state index in [1.807, 2.05) is 6.07 Å². The monoisotopic (exact) mass is 221 g/mol. The van der Waals surface area contributed by atoms with Gasteiger partial charge in [-0.3, -0.25) is 4.79 Å². The minimum Gasteiger partial charge on any atom is -0.508 e. The smallest absolute Gasteiger partial charge is 0.303 e. The topological polar surface area (TPSA) is 83.6 Å². The van der Waals surface area contributed by atoms with Gasteiger partial charge in [-0.1, -0.05) is 6.07 Å². The first-order chi connectivity index (χ1) is 7.56. The highest BCUT2D eigenvalue weighted by Gasteiger charge is 2.21. The van der Waals surface area contributed by atoms with Crippen LogP contribution in [0.3, 0.4) is 0 Å². The number of phenolic OH excluding ortho intramolecular Hbond substituents is 1. The first-order valence-electron chi connectivity index (χ1n) is 5.37. The second-order valence-electron chi connectivity index (χ2n) is 4.31. The Balaban J connectivity index is 2.21. The van der Waals surface area contributed by atoms with Crippen LogP contribution in [0, 0.1) is 0 Å². The number of aryl methyl sites for hydroxylation is 1. The van der Waals surface area contributed by atoms with Crippen LogP contribution in [0.25, 0.3) is 0 Å². The standard InChI is InChI=1S/C12H15NO3/c13-9-5-8-3-7(1-2-12(15)16)4-11(14)10(8)6-9/h3-4,9,14H,1-2,5-6,13H2,(H,15,16). The summed E-state index contributed by atoms with van der Waals surface area (Å²) in [5, 5.41) is 18.4. The summed E-state index contributed by atoms with van der Waals surface area (Å²) in [6.07, 6.45) is 2.01. The van der Waals surface area contributed by atoms with Crippen LogP contribution >= 0.6 is 0 Å². The van der Waals surface area contributed by atoms with Crippen molar-refractivity contribution in [2.45, 2.75) is 31.7 Å². The van der Waals surface area contributed by atoms with Gasteiger partial charge in [-0.2, -0.15) is 0 Å². The molecule has 0 radical (unpaired) electrons. The zero-order valence-corrected chi connectivity index (χ0v) is 8.94. The van der Waals surface area contributed by atoms with Crippen molar-refractivity contribution in [2.75, 3.05) is 0 Å². The third kappa shape index (κ3) is 2.17. The molecule has 16 heavy (non-hydrogen) atoms. The lowest BCUT2D eigenvalue weighted by Crippen LogP contribution is -2.19. The Labute approximate surface area is 93.7 Å². The fourth-order valence-electron chi connectivity index (χ4n) is 2.21. The van der Waals surface area contributed by atoms with Gasteiger partial charge in [-0.15, -0.1) is 0 Å². The molecule has 1 atom stereocenters. The zero-order valence-electron chi connectivity index (χ0n) is 8.94. The van der Waals surface area contributed by atoms with Crippen molar-refractivity contribution in [2.24, 2.45) is 5.73 Å². The third-order valence-electron chi connectivity index (χ3n) is 2.95. The number of aromatic hydroxyl groups is 1. The summed E-state index contributed by atoms with van der Waals surface area (Å²) in [5.41, 5.74) is 8.67. The molecule has 0 saturated heterocycles. The number of benzene rings is 1. The number of phenols is 1. The summed E-state index contributed by atoms with van der Waals surface area (Å²) in [7, 11) is 0. The van der Waals surface area contributed by atoms with Crippen molar-refractivity contribution in [1.29, 1.82) is 0 Å². The Morgan fingerprint density at radius 1 is 1.44 bits per heavy atom. The predicted molar refractivity (Wildman–Crippen MR) is 59.4 cm³/mol. The number of aliphatic carboxylic acids is 1. The van der Waals surface area contributed by atoms with E-state index in [1.54, 1.807) is 6.07 Å². The van der Waals surface area contributed by atoms with Crippen molar-refractivity contribution >= 4 is 5.97 Å². The molecule has 0 aromatic heterocycles. The quantitative estimate of drug-likeness (QED) is 0.706. The molecule has 1 aliphatic carbocycles. The van der Waals surface area contributed by atoms with E-state index in [-0.39, 0.29) is 18.2 Å². The van der Waals surface area contributed by atoms with E-state index in [4.69, 9.17) is 10.8 Å². The average molecular weight is 221 g/mol. The molecule has 4 nitrogen and oxygen atoms in total. The highest BCUT2D eigenvalue weighted by atomic mass is 16.4. The van der Waals surface area contributed by atoms with Crippen LogP contribution in [0.5, 0.6) is 5.75 Å². The lowest BCUT2D eigenvalue weighted by atomic mass is 10.0. The SMILES string of the molecule is NC1Cc2cc(CCC(=O)O)cc(O)c2C1. The summed E-state index contributed by atoms with van der Waals surface area (Å²) >= 11 is 0. The molecule has 1 aromatic rings. The fraction of sp³-hybridized carbons (Fsp3) is 0.417. The highest BCUT2D eigenvalue weighted by Crippen LogP contribution is 2.31. The molecular weight excluding hydrogens is 206 g/mol. The fourth-order valence-corrected chi connectivity index (χ4v) is 2.21. The van der Waals surface area contributed by atoms with Gasteiger partial charge in [0.1, 0.15) is 5.75 Å². The van der Waals surface area contributed by atoms with Crippen molar-refractivity contribution in [1.82, 2.24) is 0 Å². The highest BCUT2D eigenvalue weighted by molar-refractivity contribution is 5.67.